The minimum absolute atomic E-state index is 0.0745. The number of benzene rings is 21. The van der Waals surface area contributed by atoms with Gasteiger partial charge in [0, 0.05) is 89.5 Å². The van der Waals surface area contributed by atoms with Gasteiger partial charge in [-0.3, -0.25) is 0 Å². The van der Waals surface area contributed by atoms with Crippen molar-refractivity contribution in [2.45, 2.75) is 19.3 Å². The largest absolute Gasteiger partial charge is 0.435 e. The molecule has 0 atom stereocenters. The Balaban J connectivity index is 0.000000114. The summed E-state index contributed by atoms with van der Waals surface area (Å²) in [5, 5.41) is 6.59. The molecule has 9 nitrogen and oxygen atoms in total. The van der Waals surface area contributed by atoms with E-state index in [1.165, 1.54) is 44.5 Å². The monoisotopic (exact) mass is 1730 g/mol. The van der Waals surface area contributed by atoms with E-state index in [1.54, 1.807) is 0 Å². The fourth-order valence-corrected chi connectivity index (χ4v) is 19.1. The smallest absolute Gasteiger partial charge is 0.227 e. The standard InChI is InChI=1S/C44H32N2O.2C41H28N2O/c1-44(2)38-19-10-9-17-36(38)37-26-25-34(28-39(37)44)46(32-15-7-4-8-16-32)33-23-20-29(21-24-33)35-18-11-14-30-22-27-40-42(41(30)35)47-43(45-40)31-12-5-3-6-13-31;1-4-11-29(12-5-1)30-19-24-35(25-20-30)43(34-16-8-3-9-17-34)36-26-21-31(22-27-36)37-18-10-15-32-23-28-38-40(39(32)37)44-41(42-38)33-13-6-2-7-14-33;1-4-10-29(11-5-1)30-18-23-36(24-19-30)43(35-14-8-3-9-15-35)37-25-20-31(21-26-37)34-17-16-32-22-27-39-40(38(32)28-34)44-41(42-39)33-12-6-2-7-13-33/h3-28H,1-2H3;2*1-28H. The molecule has 0 radical (unpaired) electrons. The van der Waals surface area contributed by atoms with Gasteiger partial charge in [-0.1, -0.05) is 341 Å². The van der Waals surface area contributed by atoms with Crippen LogP contribution in [0.25, 0.3) is 167 Å². The molecule has 0 fully saturated rings. The Hall–Kier alpha value is -17.8. The molecule has 3 aromatic heterocycles. The fourth-order valence-electron chi connectivity index (χ4n) is 19.1. The van der Waals surface area contributed by atoms with Gasteiger partial charge in [-0.05, 0) is 264 Å². The maximum atomic E-state index is 6.46. The molecular weight excluding hydrogens is 1650 g/mol. The average Bonchev–Trinajstić information content (AvgIpc) is 1.59. The summed E-state index contributed by atoms with van der Waals surface area (Å²) < 4.78 is 19.2. The lowest BCUT2D eigenvalue weighted by molar-refractivity contribution is 0.622. The summed E-state index contributed by atoms with van der Waals surface area (Å²) >= 11 is 0. The molecule has 25 rings (SSSR count). The Bertz CT molecular complexity index is 8370. The Labute approximate surface area is 783 Å². The van der Waals surface area contributed by atoms with Crippen molar-refractivity contribution in [1.82, 2.24) is 15.0 Å². The van der Waals surface area contributed by atoms with E-state index in [0.717, 1.165) is 167 Å². The van der Waals surface area contributed by atoms with Gasteiger partial charge in [-0.2, -0.15) is 0 Å². The molecule has 0 amide bonds. The lowest BCUT2D eigenvalue weighted by atomic mass is 9.82. The van der Waals surface area contributed by atoms with Crippen molar-refractivity contribution in [3.63, 3.8) is 0 Å². The molecular formula is C126H88N6O3. The molecule has 0 aliphatic heterocycles. The van der Waals surface area contributed by atoms with Crippen molar-refractivity contribution < 1.29 is 13.3 Å². The van der Waals surface area contributed by atoms with Crippen LogP contribution in [0.15, 0.2) is 511 Å². The maximum absolute atomic E-state index is 6.46. The number of nitrogens with zero attached hydrogens (tertiary/aromatic N) is 6. The van der Waals surface area contributed by atoms with Crippen LogP contribution in [0.2, 0.25) is 0 Å². The second-order valence-corrected chi connectivity index (χ2v) is 34.5. The first-order valence-corrected chi connectivity index (χ1v) is 45.7. The molecule has 1 aliphatic carbocycles. The highest BCUT2D eigenvalue weighted by atomic mass is 16.4. The number of oxazole rings is 3. The van der Waals surface area contributed by atoms with Gasteiger partial charge < -0.3 is 28.0 Å². The third kappa shape index (κ3) is 16.0. The summed E-state index contributed by atoms with van der Waals surface area (Å²) in [4.78, 5) is 21.4. The van der Waals surface area contributed by atoms with E-state index in [0.29, 0.717) is 17.7 Å². The van der Waals surface area contributed by atoms with Crippen LogP contribution in [0, 0.1) is 0 Å². The number of aromatic nitrogens is 3. The van der Waals surface area contributed by atoms with Gasteiger partial charge in [0.15, 0.2) is 16.7 Å². The van der Waals surface area contributed by atoms with Crippen LogP contribution >= 0.6 is 0 Å². The van der Waals surface area contributed by atoms with Crippen LogP contribution in [0.4, 0.5) is 51.2 Å². The molecule has 0 spiro atoms. The Morgan fingerprint density at radius 3 is 0.859 bits per heavy atom. The predicted octanol–water partition coefficient (Wildman–Crippen LogP) is 35.0. The molecule has 0 unspecified atom stereocenters. The molecule has 21 aromatic carbocycles. The van der Waals surface area contributed by atoms with Crippen molar-refractivity contribution in [3.05, 3.63) is 509 Å². The average molecular weight is 1730 g/mol. The Morgan fingerprint density at radius 2 is 0.459 bits per heavy atom. The highest BCUT2D eigenvalue weighted by molar-refractivity contribution is 6.13. The van der Waals surface area contributed by atoms with E-state index in [2.05, 4.69) is 411 Å². The number of hydrogen-bond acceptors (Lipinski definition) is 9. The van der Waals surface area contributed by atoms with E-state index in [4.69, 9.17) is 28.2 Å². The summed E-state index contributed by atoms with van der Waals surface area (Å²) in [6.45, 7) is 4.67. The number of fused-ring (bicyclic) bond motifs is 12. The summed E-state index contributed by atoms with van der Waals surface area (Å²) in [6, 6.07) is 174. The fraction of sp³-hybridized carbons (Fsp3) is 0.0238. The Morgan fingerprint density at radius 1 is 0.185 bits per heavy atom. The lowest BCUT2D eigenvalue weighted by Gasteiger charge is -2.28. The normalized spacial score (nSPS) is 11.8. The molecule has 0 saturated carbocycles. The van der Waals surface area contributed by atoms with Crippen molar-refractivity contribution in [3.8, 4) is 101 Å². The Kier molecular flexibility index (Phi) is 21.5. The van der Waals surface area contributed by atoms with E-state index in [-0.39, 0.29) is 5.41 Å². The van der Waals surface area contributed by atoms with Crippen LogP contribution in [0.1, 0.15) is 25.0 Å². The molecule has 640 valence electrons. The molecule has 0 bridgehead atoms. The van der Waals surface area contributed by atoms with Gasteiger partial charge in [0.25, 0.3) is 0 Å². The molecule has 24 aromatic rings. The van der Waals surface area contributed by atoms with E-state index in [9.17, 15) is 0 Å². The zero-order chi connectivity index (χ0) is 90.1. The summed E-state index contributed by atoms with van der Waals surface area (Å²) in [6.07, 6.45) is 0. The second kappa shape index (κ2) is 35.6. The summed E-state index contributed by atoms with van der Waals surface area (Å²) in [5.41, 5.74) is 34.8. The number of para-hydroxylation sites is 3. The topological polar surface area (TPSA) is 87.8 Å². The van der Waals surface area contributed by atoms with Crippen LogP contribution < -0.4 is 14.7 Å². The van der Waals surface area contributed by atoms with Crippen molar-refractivity contribution in [2.75, 3.05) is 14.7 Å². The zero-order valence-electron chi connectivity index (χ0n) is 74.3. The molecule has 135 heavy (non-hydrogen) atoms. The highest BCUT2D eigenvalue weighted by Gasteiger charge is 2.36. The van der Waals surface area contributed by atoms with Gasteiger partial charge in [0.1, 0.15) is 16.6 Å². The van der Waals surface area contributed by atoms with Gasteiger partial charge in [0.2, 0.25) is 17.7 Å². The van der Waals surface area contributed by atoms with E-state index in [1.807, 2.05) is 115 Å². The molecule has 0 saturated heterocycles. The minimum Gasteiger partial charge on any atom is -0.435 e. The van der Waals surface area contributed by atoms with Crippen molar-refractivity contribution >= 4 is 117 Å². The van der Waals surface area contributed by atoms with Gasteiger partial charge in [-0.25, -0.2) is 15.0 Å². The summed E-state index contributed by atoms with van der Waals surface area (Å²) in [5.74, 6) is 1.91. The van der Waals surface area contributed by atoms with Crippen LogP contribution in [0.5, 0.6) is 0 Å². The highest BCUT2D eigenvalue weighted by Crippen LogP contribution is 2.52. The summed E-state index contributed by atoms with van der Waals surface area (Å²) in [7, 11) is 0. The maximum Gasteiger partial charge on any atom is 0.227 e. The minimum atomic E-state index is -0.0745. The van der Waals surface area contributed by atoms with E-state index < -0.39 is 0 Å². The van der Waals surface area contributed by atoms with Crippen LogP contribution in [-0.2, 0) is 5.41 Å². The number of rotatable bonds is 17. The molecule has 0 N–H and O–H groups in total. The van der Waals surface area contributed by atoms with Gasteiger partial charge >= 0.3 is 0 Å². The van der Waals surface area contributed by atoms with Crippen LogP contribution in [0.3, 0.4) is 0 Å². The van der Waals surface area contributed by atoms with Gasteiger partial charge in [-0.15, -0.1) is 0 Å². The van der Waals surface area contributed by atoms with Crippen LogP contribution in [-0.4, -0.2) is 15.0 Å². The quantitative estimate of drug-likeness (QED) is 0.0884. The first kappa shape index (κ1) is 81.7. The van der Waals surface area contributed by atoms with Crippen molar-refractivity contribution in [2.24, 2.45) is 0 Å². The molecule has 1 aliphatic rings. The van der Waals surface area contributed by atoms with E-state index >= 15 is 0 Å². The zero-order valence-corrected chi connectivity index (χ0v) is 74.3. The third-order valence-corrected chi connectivity index (χ3v) is 25.9. The van der Waals surface area contributed by atoms with Gasteiger partial charge in [0.05, 0.1) is 0 Å². The van der Waals surface area contributed by atoms with Crippen molar-refractivity contribution in [1.29, 1.82) is 0 Å². The SMILES string of the molecule is CC1(C)c2ccccc2-c2ccc(N(c3ccccc3)c3ccc(-c4cccc5ccc6nc(-c7ccccc7)oc6c45)cc3)cc21.c1ccc(-c2ccc(N(c3ccccc3)c3ccc(-c4ccc5ccc6nc(-c7ccccc7)oc6c5c4)cc3)cc2)cc1.c1ccc(-c2ccc(N(c3ccccc3)c3ccc(-c4cccc5ccc6nc(-c7ccccc7)oc6c45)cc3)cc2)cc1. The molecule has 3 heterocycles. The third-order valence-electron chi connectivity index (χ3n) is 25.9. The number of anilines is 9. The molecule has 9 heteroatoms. The predicted molar refractivity (Wildman–Crippen MR) is 560 cm³/mol. The number of hydrogen-bond donors (Lipinski definition) is 0. The second-order valence-electron chi connectivity index (χ2n) is 34.5. The first-order valence-electron chi connectivity index (χ1n) is 45.7. The lowest BCUT2D eigenvalue weighted by Crippen LogP contribution is -2.16. The first-order chi connectivity index (χ1) is 66.7.